The molecule has 4 aliphatic carbocycles. The number of fused-ring (bicyclic) bond motifs is 1. The van der Waals surface area contributed by atoms with Crippen LogP contribution in [-0.2, 0) is 15.4 Å². The fraction of sp³-hybridized carbons (Fsp3) is 0.480. The Morgan fingerprint density at radius 3 is 2.13 bits per heavy atom. The first-order chi connectivity index (χ1) is 14.4. The van der Waals surface area contributed by atoms with Gasteiger partial charge in [-0.25, -0.2) is 0 Å². The van der Waals surface area contributed by atoms with Crippen LogP contribution in [0.4, 0.5) is 0 Å². The molecule has 1 aromatic heterocycles. The number of rotatable bonds is 3. The van der Waals surface area contributed by atoms with Crippen molar-refractivity contribution >= 4 is 20.8 Å². The monoisotopic (exact) mass is 420 g/mol. The van der Waals surface area contributed by atoms with Crippen LogP contribution in [0.2, 0.25) is 0 Å². The van der Waals surface area contributed by atoms with Crippen molar-refractivity contribution in [2.45, 2.75) is 62.7 Å². The normalized spacial score (nSPS) is 30.3. The van der Waals surface area contributed by atoms with E-state index in [1.165, 1.54) is 48.2 Å². The SMILES string of the molecule is Cc1nn(S(=O)(=O)c2ccc3ccccc3c2)c(C)c1C12CC3CC(CC(C3)C1)C2. The summed E-state index contributed by atoms with van der Waals surface area (Å²) >= 11 is 0. The molecule has 0 unspecified atom stereocenters. The van der Waals surface area contributed by atoms with E-state index in [9.17, 15) is 8.42 Å². The first-order valence-electron chi connectivity index (χ1n) is 11.2. The maximum Gasteiger partial charge on any atom is 0.283 e. The number of aryl methyl sites for hydroxylation is 1. The zero-order valence-electron chi connectivity index (χ0n) is 17.6. The molecular weight excluding hydrogens is 392 g/mol. The number of hydrogen-bond acceptors (Lipinski definition) is 3. The highest BCUT2D eigenvalue weighted by Gasteiger charge is 2.53. The molecule has 5 heteroatoms. The molecule has 1 heterocycles. The van der Waals surface area contributed by atoms with E-state index in [0.29, 0.717) is 4.90 Å². The maximum absolute atomic E-state index is 13.6. The second-order valence-electron chi connectivity index (χ2n) is 10.1. The van der Waals surface area contributed by atoms with Crippen LogP contribution in [0.1, 0.15) is 55.5 Å². The summed E-state index contributed by atoms with van der Waals surface area (Å²) in [5.41, 5.74) is 3.09. The lowest BCUT2D eigenvalue weighted by Gasteiger charge is -2.57. The summed E-state index contributed by atoms with van der Waals surface area (Å²) in [5, 5.41) is 6.60. The molecule has 0 radical (unpaired) electrons. The number of nitrogens with zero attached hydrogens (tertiary/aromatic N) is 2. The molecule has 0 atom stereocenters. The first-order valence-corrected chi connectivity index (χ1v) is 12.6. The summed E-state index contributed by atoms with van der Waals surface area (Å²) in [6, 6.07) is 13.2. The van der Waals surface area contributed by atoms with Crippen LogP contribution in [0.25, 0.3) is 10.8 Å². The summed E-state index contributed by atoms with van der Waals surface area (Å²) < 4.78 is 28.5. The Balaban J connectivity index is 1.47. The molecule has 4 saturated carbocycles. The van der Waals surface area contributed by atoms with E-state index in [4.69, 9.17) is 0 Å². The predicted octanol–water partition coefficient (Wildman–Crippen LogP) is 5.36. The minimum absolute atomic E-state index is 0.139. The van der Waals surface area contributed by atoms with Gasteiger partial charge in [-0.15, -0.1) is 0 Å². The topological polar surface area (TPSA) is 52.0 Å². The number of hydrogen-bond donors (Lipinski definition) is 0. The Bertz CT molecular complexity index is 1240. The lowest BCUT2D eigenvalue weighted by atomic mass is 9.48. The van der Waals surface area contributed by atoms with E-state index < -0.39 is 10.0 Å². The zero-order chi connectivity index (χ0) is 20.7. The second-order valence-corrected chi connectivity index (χ2v) is 11.9. The highest BCUT2D eigenvalue weighted by Crippen LogP contribution is 2.61. The summed E-state index contributed by atoms with van der Waals surface area (Å²) in [5.74, 6) is 2.45. The molecule has 0 amide bonds. The summed E-state index contributed by atoms with van der Waals surface area (Å²) in [6.07, 6.45) is 7.76. The van der Waals surface area contributed by atoms with Gasteiger partial charge in [-0.3, -0.25) is 0 Å². The van der Waals surface area contributed by atoms with E-state index in [0.717, 1.165) is 39.9 Å². The Morgan fingerprint density at radius 1 is 0.900 bits per heavy atom. The van der Waals surface area contributed by atoms with Gasteiger partial charge in [0.2, 0.25) is 0 Å². The van der Waals surface area contributed by atoms with E-state index >= 15 is 0 Å². The molecule has 2 aromatic carbocycles. The molecule has 4 fully saturated rings. The van der Waals surface area contributed by atoms with Crippen molar-refractivity contribution in [2.24, 2.45) is 17.8 Å². The molecule has 4 aliphatic rings. The molecule has 3 aromatic rings. The van der Waals surface area contributed by atoms with Gasteiger partial charge >= 0.3 is 0 Å². The van der Waals surface area contributed by atoms with Gasteiger partial charge in [-0.05, 0) is 98.4 Å². The second kappa shape index (κ2) is 6.19. The molecule has 0 N–H and O–H groups in total. The third-order valence-electron chi connectivity index (χ3n) is 8.07. The van der Waals surface area contributed by atoms with Gasteiger partial charge in [-0.1, -0.05) is 30.3 Å². The molecular formula is C25H28N2O2S. The molecule has 0 saturated heterocycles. The molecule has 30 heavy (non-hydrogen) atoms. The molecule has 4 nitrogen and oxygen atoms in total. The van der Waals surface area contributed by atoms with Crippen molar-refractivity contribution in [1.29, 1.82) is 0 Å². The van der Waals surface area contributed by atoms with Crippen LogP contribution in [0.15, 0.2) is 47.4 Å². The van der Waals surface area contributed by atoms with E-state index in [2.05, 4.69) is 5.10 Å². The van der Waals surface area contributed by atoms with E-state index in [-0.39, 0.29) is 5.41 Å². The van der Waals surface area contributed by atoms with Crippen LogP contribution < -0.4 is 0 Å². The van der Waals surface area contributed by atoms with Crippen LogP contribution in [0.5, 0.6) is 0 Å². The van der Waals surface area contributed by atoms with Gasteiger partial charge in [0.1, 0.15) is 0 Å². The van der Waals surface area contributed by atoms with Gasteiger partial charge < -0.3 is 0 Å². The number of benzene rings is 2. The predicted molar refractivity (Wildman–Crippen MR) is 118 cm³/mol. The fourth-order valence-corrected chi connectivity index (χ4v) is 8.86. The van der Waals surface area contributed by atoms with Crippen molar-refractivity contribution in [2.75, 3.05) is 0 Å². The molecule has 0 spiro atoms. The van der Waals surface area contributed by atoms with E-state index in [1.54, 1.807) is 12.1 Å². The maximum atomic E-state index is 13.6. The summed E-state index contributed by atoms with van der Waals surface area (Å²) in [7, 11) is -3.73. The lowest BCUT2D eigenvalue weighted by molar-refractivity contribution is -0.00574. The average Bonchev–Trinajstić information content (AvgIpc) is 3.02. The zero-order valence-corrected chi connectivity index (χ0v) is 18.5. The highest BCUT2D eigenvalue weighted by molar-refractivity contribution is 7.89. The smallest absolute Gasteiger partial charge is 0.199 e. The number of aromatic nitrogens is 2. The minimum atomic E-state index is -3.73. The van der Waals surface area contributed by atoms with Crippen molar-refractivity contribution < 1.29 is 8.42 Å². The van der Waals surface area contributed by atoms with Crippen LogP contribution in [0.3, 0.4) is 0 Å². The minimum Gasteiger partial charge on any atom is -0.199 e. The first kappa shape index (κ1) is 18.6. The van der Waals surface area contributed by atoms with E-state index in [1.807, 2.05) is 44.2 Å². The summed E-state index contributed by atoms with van der Waals surface area (Å²) in [4.78, 5) is 0.309. The Kier molecular flexibility index (Phi) is 3.84. The molecule has 7 rings (SSSR count). The van der Waals surface area contributed by atoms with Crippen LogP contribution in [0, 0.1) is 31.6 Å². The average molecular weight is 421 g/mol. The highest BCUT2D eigenvalue weighted by atomic mass is 32.2. The van der Waals surface area contributed by atoms with Gasteiger partial charge in [0.25, 0.3) is 10.0 Å². The van der Waals surface area contributed by atoms with Gasteiger partial charge in [-0.2, -0.15) is 17.6 Å². The van der Waals surface area contributed by atoms with Gasteiger partial charge in [0.15, 0.2) is 0 Å². The largest absolute Gasteiger partial charge is 0.283 e. The van der Waals surface area contributed by atoms with Crippen LogP contribution in [-0.4, -0.2) is 17.6 Å². The van der Waals surface area contributed by atoms with Crippen molar-refractivity contribution in [1.82, 2.24) is 9.19 Å². The lowest BCUT2D eigenvalue weighted by Crippen LogP contribution is -2.49. The Hall–Kier alpha value is -2.14. The standard InChI is InChI=1S/C25H28N2O2S/c1-16-24(25-13-18-9-19(14-25)11-20(10-18)15-25)17(2)27(26-16)30(28,29)23-8-7-21-5-3-4-6-22(21)12-23/h3-8,12,18-20H,9-11,13-15H2,1-2H3. The Labute approximate surface area is 178 Å². The van der Waals surface area contributed by atoms with Gasteiger partial charge in [0, 0.05) is 5.56 Å². The van der Waals surface area contributed by atoms with Crippen LogP contribution >= 0.6 is 0 Å². The molecule has 4 bridgehead atoms. The quantitative estimate of drug-likeness (QED) is 0.573. The molecule has 156 valence electrons. The fourth-order valence-electron chi connectivity index (χ4n) is 7.46. The molecule has 0 aliphatic heterocycles. The van der Waals surface area contributed by atoms with Crippen molar-refractivity contribution in [3.05, 3.63) is 59.4 Å². The van der Waals surface area contributed by atoms with Crippen molar-refractivity contribution in [3.8, 4) is 0 Å². The summed E-state index contributed by atoms with van der Waals surface area (Å²) in [6.45, 7) is 3.97. The van der Waals surface area contributed by atoms with Crippen molar-refractivity contribution in [3.63, 3.8) is 0 Å². The third kappa shape index (κ3) is 2.57. The Morgan fingerprint density at radius 2 is 1.50 bits per heavy atom. The third-order valence-corrected chi connectivity index (χ3v) is 9.73. The van der Waals surface area contributed by atoms with Gasteiger partial charge in [0.05, 0.1) is 16.3 Å².